The minimum absolute atomic E-state index is 0.00408. The van der Waals surface area contributed by atoms with E-state index in [4.69, 9.17) is 0 Å². The molecule has 0 spiro atoms. The van der Waals surface area contributed by atoms with Crippen LogP contribution in [0.5, 0.6) is 0 Å². The Morgan fingerprint density at radius 1 is 1.29 bits per heavy atom. The van der Waals surface area contributed by atoms with Gasteiger partial charge in [0.05, 0.1) is 6.04 Å². The quantitative estimate of drug-likeness (QED) is 0.885. The summed E-state index contributed by atoms with van der Waals surface area (Å²) in [5, 5.41) is 5.80. The molecule has 130 valence electrons. The number of carbonyl (C=O) groups excluding carboxylic acids is 2. The SMILES string of the molecule is Cc1cccc(CN2CCCC[C@@H]2C(=O)N[C@H]2CCCNC2=O)c1. The molecule has 2 fully saturated rings. The van der Waals surface area contributed by atoms with Crippen molar-refractivity contribution < 1.29 is 9.59 Å². The summed E-state index contributed by atoms with van der Waals surface area (Å²) in [6.07, 6.45) is 4.72. The molecule has 5 nitrogen and oxygen atoms in total. The molecule has 0 unspecified atom stereocenters. The molecular formula is C19H27N3O2. The van der Waals surface area contributed by atoms with Gasteiger partial charge in [0, 0.05) is 13.1 Å². The van der Waals surface area contributed by atoms with Crippen molar-refractivity contribution in [1.29, 1.82) is 0 Å². The molecule has 1 aromatic rings. The largest absolute Gasteiger partial charge is 0.354 e. The number of nitrogens with one attached hydrogen (secondary N) is 2. The van der Waals surface area contributed by atoms with Gasteiger partial charge in [-0.15, -0.1) is 0 Å². The highest BCUT2D eigenvalue weighted by Crippen LogP contribution is 2.21. The molecule has 2 amide bonds. The predicted octanol–water partition coefficient (Wildman–Crippen LogP) is 1.74. The van der Waals surface area contributed by atoms with Crippen LogP contribution in [-0.2, 0) is 16.1 Å². The van der Waals surface area contributed by atoms with Gasteiger partial charge in [-0.2, -0.15) is 0 Å². The van der Waals surface area contributed by atoms with Crippen LogP contribution >= 0.6 is 0 Å². The smallest absolute Gasteiger partial charge is 0.242 e. The number of carbonyl (C=O) groups is 2. The number of rotatable bonds is 4. The Labute approximate surface area is 143 Å². The Morgan fingerprint density at radius 2 is 2.17 bits per heavy atom. The maximum absolute atomic E-state index is 12.7. The lowest BCUT2D eigenvalue weighted by atomic mass is 9.99. The molecule has 0 radical (unpaired) electrons. The van der Waals surface area contributed by atoms with E-state index in [0.717, 1.165) is 45.2 Å². The summed E-state index contributed by atoms with van der Waals surface area (Å²) in [6.45, 7) is 4.53. The van der Waals surface area contributed by atoms with Crippen molar-refractivity contribution in [3.8, 4) is 0 Å². The van der Waals surface area contributed by atoms with Gasteiger partial charge in [0.1, 0.15) is 6.04 Å². The van der Waals surface area contributed by atoms with Crippen LogP contribution in [0, 0.1) is 6.92 Å². The van der Waals surface area contributed by atoms with Crippen molar-refractivity contribution in [3.63, 3.8) is 0 Å². The van der Waals surface area contributed by atoms with Gasteiger partial charge >= 0.3 is 0 Å². The molecule has 1 aromatic carbocycles. The van der Waals surface area contributed by atoms with Crippen LogP contribution < -0.4 is 10.6 Å². The van der Waals surface area contributed by atoms with E-state index < -0.39 is 0 Å². The molecule has 2 aliphatic rings. The van der Waals surface area contributed by atoms with Crippen LogP contribution in [0.2, 0.25) is 0 Å². The fraction of sp³-hybridized carbons (Fsp3) is 0.579. The number of benzene rings is 1. The molecule has 2 aliphatic heterocycles. The summed E-state index contributed by atoms with van der Waals surface area (Å²) < 4.78 is 0. The van der Waals surface area contributed by atoms with Crippen molar-refractivity contribution >= 4 is 11.8 Å². The zero-order valence-corrected chi connectivity index (χ0v) is 14.4. The Bertz CT molecular complexity index is 602. The molecule has 0 saturated carbocycles. The molecule has 24 heavy (non-hydrogen) atoms. The van der Waals surface area contributed by atoms with Crippen LogP contribution in [-0.4, -0.2) is 41.9 Å². The third-order valence-electron chi connectivity index (χ3n) is 4.99. The lowest BCUT2D eigenvalue weighted by Crippen LogP contribution is -2.56. The molecule has 0 aliphatic carbocycles. The molecule has 0 aromatic heterocycles. The first kappa shape index (κ1) is 17.0. The van der Waals surface area contributed by atoms with Crippen LogP contribution in [0.3, 0.4) is 0 Å². The first-order valence-electron chi connectivity index (χ1n) is 9.01. The lowest BCUT2D eigenvalue weighted by Gasteiger charge is -2.36. The minimum atomic E-state index is -0.367. The zero-order valence-electron chi connectivity index (χ0n) is 14.4. The summed E-state index contributed by atoms with van der Waals surface area (Å²) in [6, 6.07) is 7.95. The fourth-order valence-electron chi connectivity index (χ4n) is 3.70. The third kappa shape index (κ3) is 4.15. The summed E-state index contributed by atoms with van der Waals surface area (Å²) in [5.41, 5.74) is 2.48. The van der Waals surface area contributed by atoms with Crippen molar-refractivity contribution in [2.45, 2.75) is 57.7 Å². The maximum Gasteiger partial charge on any atom is 0.242 e. The highest BCUT2D eigenvalue weighted by Gasteiger charge is 2.32. The van der Waals surface area contributed by atoms with E-state index >= 15 is 0 Å². The average molecular weight is 329 g/mol. The van der Waals surface area contributed by atoms with Crippen LogP contribution in [0.15, 0.2) is 24.3 Å². The Morgan fingerprint density at radius 3 is 2.96 bits per heavy atom. The number of amides is 2. The molecular weight excluding hydrogens is 302 g/mol. The number of piperidine rings is 2. The van der Waals surface area contributed by atoms with E-state index in [-0.39, 0.29) is 23.9 Å². The van der Waals surface area contributed by atoms with E-state index in [2.05, 4.69) is 46.7 Å². The second-order valence-corrected chi connectivity index (χ2v) is 6.97. The highest BCUT2D eigenvalue weighted by molar-refractivity contribution is 5.90. The number of hydrogen-bond acceptors (Lipinski definition) is 3. The molecule has 2 saturated heterocycles. The van der Waals surface area contributed by atoms with Gasteiger partial charge in [-0.3, -0.25) is 14.5 Å². The fourth-order valence-corrected chi connectivity index (χ4v) is 3.70. The summed E-state index contributed by atoms with van der Waals surface area (Å²) in [5.74, 6) is -0.0416. The maximum atomic E-state index is 12.7. The molecule has 2 N–H and O–H groups in total. The first-order valence-corrected chi connectivity index (χ1v) is 9.01. The van der Waals surface area contributed by atoms with Gasteiger partial charge in [-0.05, 0) is 44.7 Å². The van der Waals surface area contributed by atoms with E-state index in [1.165, 1.54) is 11.1 Å². The van der Waals surface area contributed by atoms with Crippen molar-refractivity contribution in [3.05, 3.63) is 35.4 Å². The second kappa shape index (κ2) is 7.79. The highest BCUT2D eigenvalue weighted by atomic mass is 16.2. The molecule has 5 heteroatoms. The van der Waals surface area contributed by atoms with Gasteiger partial charge in [0.25, 0.3) is 0 Å². The zero-order chi connectivity index (χ0) is 16.9. The second-order valence-electron chi connectivity index (χ2n) is 6.97. The number of hydrogen-bond donors (Lipinski definition) is 2. The van der Waals surface area contributed by atoms with E-state index in [9.17, 15) is 9.59 Å². The van der Waals surface area contributed by atoms with Gasteiger partial charge in [0.15, 0.2) is 0 Å². The lowest BCUT2D eigenvalue weighted by molar-refractivity contribution is -0.133. The summed E-state index contributed by atoms with van der Waals surface area (Å²) in [4.78, 5) is 26.9. The van der Waals surface area contributed by atoms with E-state index in [1.54, 1.807) is 0 Å². The first-order chi connectivity index (χ1) is 11.6. The van der Waals surface area contributed by atoms with Gasteiger partial charge in [-0.1, -0.05) is 36.2 Å². The molecule has 3 rings (SSSR count). The van der Waals surface area contributed by atoms with Gasteiger partial charge < -0.3 is 10.6 Å². The molecule has 2 atom stereocenters. The summed E-state index contributed by atoms with van der Waals surface area (Å²) in [7, 11) is 0. The average Bonchev–Trinajstić information content (AvgIpc) is 2.57. The summed E-state index contributed by atoms with van der Waals surface area (Å²) >= 11 is 0. The van der Waals surface area contributed by atoms with E-state index in [0.29, 0.717) is 6.54 Å². The Kier molecular flexibility index (Phi) is 5.51. The monoisotopic (exact) mass is 329 g/mol. The number of aryl methyl sites for hydroxylation is 1. The minimum Gasteiger partial charge on any atom is -0.354 e. The number of likely N-dealkylation sites (tertiary alicyclic amines) is 1. The van der Waals surface area contributed by atoms with Crippen LogP contribution in [0.4, 0.5) is 0 Å². The third-order valence-corrected chi connectivity index (χ3v) is 4.99. The van der Waals surface area contributed by atoms with Crippen molar-refractivity contribution in [1.82, 2.24) is 15.5 Å². The predicted molar refractivity (Wildman–Crippen MR) is 93.4 cm³/mol. The van der Waals surface area contributed by atoms with Crippen molar-refractivity contribution in [2.24, 2.45) is 0 Å². The van der Waals surface area contributed by atoms with E-state index in [1.807, 2.05) is 0 Å². The Balaban J connectivity index is 1.65. The van der Waals surface area contributed by atoms with Gasteiger partial charge in [0.2, 0.25) is 11.8 Å². The topological polar surface area (TPSA) is 61.4 Å². The molecule has 0 bridgehead atoms. The number of nitrogens with zero attached hydrogens (tertiary/aromatic N) is 1. The molecule has 2 heterocycles. The standard InChI is InChI=1S/C19H27N3O2/c1-14-6-4-7-15(12-14)13-22-11-3-2-9-17(22)19(24)21-16-8-5-10-20-18(16)23/h4,6-7,12,16-17H,2-3,5,8-11,13H2,1H3,(H,20,23)(H,21,24)/t16-,17+/m0/s1. The van der Waals surface area contributed by atoms with Gasteiger partial charge in [-0.25, -0.2) is 0 Å². The van der Waals surface area contributed by atoms with Crippen molar-refractivity contribution in [2.75, 3.05) is 13.1 Å². The van der Waals surface area contributed by atoms with Crippen LogP contribution in [0.25, 0.3) is 0 Å². The van der Waals surface area contributed by atoms with Crippen LogP contribution in [0.1, 0.15) is 43.2 Å². The normalized spacial score (nSPS) is 25.1. The Hall–Kier alpha value is -1.88.